The van der Waals surface area contributed by atoms with Crippen molar-refractivity contribution in [2.45, 2.75) is 18.0 Å². The van der Waals surface area contributed by atoms with Crippen molar-refractivity contribution in [3.63, 3.8) is 0 Å². The predicted octanol–water partition coefficient (Wildman–Crippen LogP) is 1.38. The number of carbonyl (C=O) groups excluding carboxylic acids is 1. The number of nitrogens with one attached hydrogen (secondary N) is 1. The van der Waals surface area contributed by atoms with Crippen molar-refractivity contribution in [2.24, 2.45) is 0 Å². The molecule has 6 heteroatoms. The molecule has 1 aromatic heterocycles. The fourth-order valence-electron chi connectivity index (χ4n) is 2.20. The number of thioether (sulfide) groups is 1. The number of aromatic nitrogens is 1. The molecule has 0 aliphatic carbocycles. The summed E-state index contributed by atoms with van der Waals surface area (Å²) in [6.07, 6.45) is 3.69. The number of nitrogens with zero attached hydrogens (tertiary/aromatic N) is 3. The number of hydrogen-bond acceptors (Lipinski definition) is 5. The van der Waals surface area contributed by atoms with E-state index in [0.29, 0.717) is 0 Å². The van der Waals surface area contributed by atoms with E-state index in [1.807, 2.05) is 25.3 Å². The average Bonchev–Trinajstić information content (AvgIpc) is 2.48. The van der Waals surface area contributed by atoms with Crippen LogP contribution in [0.25, 0.3) is 0 Å². The molecule has 0 saturated carbocycles. The zero-order valence-electron chi connectivity index (χ0n) is 12.3. The molecule has 1 N–H and O–H groups in total. The second kappa shape index (κ2) is 7.06. The number of amides is 1. The van der Waals surface area contributed by atoms with Crippen LogP contribution >= 0.6 is 11.8 Å². The lowest BCUT2D eigenvalue weighted by atomic mass is 10.2. The van der Waals surface area contributed by atoms with E-state index in [-0.39, 0.29) is 11.9 Å². The Morgan fingerprint density at radius 1 is 1.35 bits per heavy atom. The van der Waals surface area contributed by atoms with Crippen molar-refractivity contribution in [2.75, 3.05) is 44.8 Å². The van der Waals surface area contributed by atoms with Crippen LogP contribution in [0.1, 0.15) is 6.92 Å². The lowest BCUT2D eigenvalue weighted by molar-refractivity contribution is -0.121. The summed E-state index contributed by atoms with van der Waals surface area (Å²) in [6, 6.07) is 3.71. The number of pyridine rings is 1. The quantitative estimate of drug-likeness (QED) is 0.850. The first-order chi connectivity index (χ1) is 9.60. The molecular weight excluding hydrogens is 272 g/mol. The van der Waals surface area contributed by atoms with Gasteiger partial charge in [0, 0.05) is 26.2 Å². The first kappa shape index (κ1) is 15.3. The Morgan fingerprint density at radius 3 is 2.60 bits per heavy atom. The Balaban J connectivity index is 1.89. The first-order valence-electron chi connectivity index (χ1n) is 6.83. The smallest absolute Gasteiger partial charge is 0.241 e. The van der Waals surface area contributed by atoms with Crippen molar-refractivity contribution in [3.8, 4) is 0 Å². The van der Waals surface area contributed by atoms with Crippen molar-refractivity contribution in [3.05, 3.63) is 18.3 Å². The molecule has 1 amide bonds. The highest BCUT2D eigenvalue weighted by molar-refractivity contribution is 7.98. The fraction of sp³-hybridized carbons (Fsp3) is 0.571. The van der Waals surface area contributed by atoms with E-state index in [1.165, 1.54) is 0 Å². The van der Waals surface area contributed by atoms with Crippen LogP contribution in [0.2, 0.25) is 0 Å². The van der Waals surface area contributed by atoms with Gasteiger partial charge in [0.15, 0.2) is 0 Å². The SMILES string of the molecule is CSc1ccc(NC(=O)C(C)N2CCN(C)CC2)cn1. The number of hydrogen-bond donors (Lipinski definition) is 1. The molecule has 1 saturated heterocycles. The topological polar surface area (TPSA) is 48.5 Å². The number of anilines is 1. The van der Waals surface area contributed by atoms with Crippen molar-refractivity contribution >= 4 is 23.4 Å². The van der Waals surface area contributed by atoms with Gasteiger partial charge in [-0.2, -0.15) is 0 Å². The van der Waals surface area contributed by atoms with Crippen molar-refractivity contribution in [1.29, 1.82) is 0 Å². The summed E-state index contributed by atoms with van der Waals surface area (Å²) in [6.45, 7) is 5.87. The van der Waals surface area contributed by atoms with Gasteiger partial charge in [-0.25, -0.2) is 4.98 Å². The number of rotatable bonds is 4. The van der Waals surface area contributed by atoms with Gasteiger partial charge in [0.2, 0.25) is 5.91 Å². The minimum Gasteiger partial charge on any atom is -0.323 e. The van der Waals surface area contributed by atoms with E-state index in [9.17, 15) is 4.79 Å². The molecule has 20 heavy (non-hydrogen) atoms. The fourth-order valence-corrected chi connectivity index (χ4v) is 2.56. The largest absolute Gasteiger partial charge is 0.323 e. The maximum atomic E-state index is 12.2. The maximum absolute atomic E-state index is 12.2. The summed E-state index contributed by atoms with van der Waals surface area (Å²) < 4.78 is 0. The molecule has 1 aromatic rings. The molecule has 1 fully saturated rings. The highest BCUT2D eigenvalue weighted by Gasteiger charge is 2.24. The minimum atomic E-state index is -0.107. The van der Waals surface area contributed by atoms with Gasteiger partial charge in [-0.15, -0.1) is 11.8 Å². The molecule has 0 aromatic carbocycles. The van der Waals surface area contributed by atoms with Crippen LogP contribution in [-0.4, -0.2) is 66.2 Å². The molecule has 1 unspecified atom stereocenters. The second-order valence-electron chi connectivity index (χ2n) is 5.09. The molecule has 0 radical (unpaired) electrons. The molecular formula is C14H22N4OS. The summed E-state index contributed by atoms with van der Waals surface area (Å²) in [7, 11) is 2.11. The van der Waals surface area contributed by atoms with Crippen LogP contribution < -0.4 is 5.32 Å². The van der Waals surface area contributed by atoms with E-state index >= 15 is 0 Å². The number of carbonyl (C=O) groups is 1. The maximum Gasteiger partial charge on any atom is 0.241 e. The van der Waals surface area contributed by atoms with Gasteiger partial charge in [-0.1, -0.05) is 0 Å². The molecule has 5 nitrogen and oxygen atoms in total. The third-order valence-corrected chi connectivity index (χ3v) is 4.34. The average molecular weight is 294 g/mol. The van der Waals surface area contributed by atoms with Gasteiger partial charge in [0.1, 0.15) is 0 Å². The van der Waals surface area contributed by atoms with Gasteiger partial charge in [0.25, 0.3) is 0 Å². The van der Waals surface area contributed by atoms with Gasteiger partial charge in [-0.05, 0) is 32.4 Å². The molecule has 0 bridgehead atoms. The molecule has 110 valence electrons. The van der Waals surface area contributed by atoms with Gasteiger partial charge in [0.05, 0.1) is 23.0 Å². The van der Waals surface area contributed by atoms with Gasteiger partial charge < -0.3 is 10.2 Å². The molecule has 2 rings (SSSR count). The zero-order valence-corrected chi connectivity index (χ0v) is 13.1. The third kappa shape index (κ3) is 3.94. The van der Waals surface area contributed by atoms with E-state index in [2.05, 4.69) is 27.1 Å². The Labute approximate surface area is 124 Å². The monoisotopic (exact) mass is 294 g/mol. The standard InChI is InChI=1S/C14H22N4OS/c1-11(18-8-6-17(2)7-9-18)14(19)16-12-4-5-13(20-3)15-10-12/h4-5,10-11H,6-9H2,1-3H3,(H,16,19). The zero-order chi connectivity index (χ0) is 14.5. The lowest BCUT2D eigenvalue weighted by Gasteiger charge is -2.35. The molecule has 2 heterocycles. The van der Waals surface area contributed by atoms with Crippen LogP contribution in [0.15, 0.2) is 23.4 Å². The Bertz CT molecular complexity index is 443. The highest BCUT2D eigenvalue weighted by atomic mass is 32.2. The van der Waals surface area contributed by atoms with Gasteiger partial charge >= 0.3 is 0 Å². The summed E-state index contributed by atoms with van der Waals surface area (Å²) in [5, 5.41) is 3.89. The number of piperazine rings is 1. The summed E-state index contributed by atoms with van der Waals surface area (Å²) in [4.78, 5) is 21.0. The number of likely N-dealkylation sites (N-methyl/N-ethyl adjacent to an activating group) is 1. The van der Waals surface area contributed by atoms with Crippen molar-refractivity contribution < 1.29 is 4.79 Å². The first-order valence-corrected chi connectivity index (χ1v) is 8.06. The van der Waals surface area contributed by atoms with E-state index in [1.54, 1.807) is 18.0 Å². The summed E-state index contributed by atoms with van der Waals surface area (Å²) >= 11 is 1.59. The van der Waals surface area contributed by atoms with Crippen LogP contribution in [0.4, 0.5) is 5.69 Å². The van der Waals surface area contributed by atoms with Crippen LogP contribution in [-0.2, 0) is 4.79 Å². The third-order valence-electron chi connectivity index (χ3n) is 3.68. The normalized spacial score (nSPS) is 18.8. The minimum absolute atomic E-state index is 0.0354. The van der Waals surface area contributed by atoms with E-state index in [0.717, 1.165) is 36.9 Å². The summed E-state index contributed by atoms with van der Waals surface area (Å²) in [5.74, 6) is 0.0354. The van der Waals surface area contributed by atoms with E-state index < -0.39 is 0 Å². The van der Waals surface area contributed by atoms with E-state index in [4.69, 9.17) is 0 Å². The van der Waals surface area contributed by atoms with Crippen molar-refractivity contribution in [1.82, 2.24) is 14.8 Å². The second-order valence-corrected chi connectivity index (χ2v) is 5.92. The van der Waals surface area contributed by atoms with Crippen LogP contribution in [0.5, 0.6) is 0 Å². The van der Waals surface area contributed by atoms with Crippen LogP contribution in [0.3, 0.4) is 0 Å². The molecule has 1 atom stereocenters. The molecule has 1 aliphatic heterocycles. The Kier molecular flexibility index (Phi) is 5.39. The Hall–Kier alpha value is -1.11. The lowest BCUT2D eigenvalue weighted by Crippen LogP contribution is -2.51. The predicted molar refractivity (Wildman–Crippen MR) is 83.2 cm³/mol. The highest BCUT2D eigenvalue weighted by Crippen LogP contribution is 2.14. The molecule has 0 spiro atoms. The van der Waals surface area contributed by atoms with Crippen LogP contribution in [0, 0.1) is 0 Å². The Morgan fingerprint density at radius 2 is 2.05 bits per heavy atom. The molecule has 1 aliphatic rings. The van der Waals surface area contributed by atoms with Gasteiger partial charge in [-0.3, -0.25) is 9.69 Å². The summed E-state index contributed by atoms with van der Waals surface area (Å²) in [5.41, 5.74) is 0.758.